The Labute approximate surface area is 174 Å². The van der Waals surface area contributed by atoms with E-state index in [9.17, 15) is 0 Å². The number of rotatable bonds is 5. The molecular formula is C23H20ClN3S. The highest BCUT2D eigenvalue weighted by Gasteiger charge is 2.16. The summed E-state index contributed by atoms with van der Waals surface area (Å²) in [5, 5.41) is 10.6. The average Bonchev–Trinajstić information content (AvgIpc) is 3.11. The molecule has 0 spiro atoms. The maximum Gasteiger partial charge on any atom is 0.196 e. The molecule has 140 valence electrons. The molecule has 0 N–H and O–H groups in total. The van der Waals surface area contributed by atoms with Crippen LogP contribution in [0.15, 0.2) is 78.0 Å². The van der Waals surface area contributed by atoms with Crippen LogP contribution in [0.3, 0.4) is 0 Å². The van der Waals surface area contributed by atoms with Gasteiger partial charge in [0.15, 0.2) is 11.0 Å². The lowest BCUT2D eigenvalue weighted by Crippen LogP contribution is -2.00. The van der Waals surface area contributed by atoms with Crippen molar-refractivity contribution in [1.82, 2.24) is 14.8 Å². The Balaban J connectivity index is 1.74. The van der Waals surface area contributed by atoms with E-state index in [2.05, 4.69) is 71.1 Å². The van der Waals surface area contributed by atoms with Crippen LogP contribution in [0, 0.1) is 13.8 Å². The summed E-state index contributed by atoms with van der Waals surface area (Å²) in [4.78, 5) is 0. The van der Waals surface area contributed by atoms with Gasteiger partial charge in [-0.2, -0.15) is 0 Å². The van der Waals surface area contributed by atoms with Crippen LogP contribution in [-0.2, 0) is 5.75 Å². The lowest BCUT2D eigenvalue weighted by molar-refractivity contribution is 0.886. The van der Waals surface area contributed by atoms with Crippen molar-refractivity contribution in [2.75, 3.05) is 0 Å². The molecule has 28 heavy (non-hydrogen) atoms. The molecule has 0 saturated heterocycles. The summed E-state index contributed by atoms with van der Waals surface area (Å²) in [5.41, 5.74) is 5.77. The zero-order valence-electron chi connectivity index (χ0n) is 15.8. The van der Waals surface area contributed by atoms with Crippen molar-refractivity contribution in [2.24, 2.45) is 0 Å². The molecule has 1 aromatic heterocycles. The number of aromatic nitrogens is 3. The summed E-state index contributed by atoms with van der Waals surface area (Å²) in [7, 11) is 0. The number of hydrogen-bond donors (Lipinski definition) is 0. The minimum absolute atomic E-state index is 0.711. The normalized spacial score (nSPS) is 11.0. The minimum atomic E-state index is 0.711. The largest absolute Gasteiger partial charge is 0.270 e. The fraction of sp³-hybridized carbons (Fsp3) is 0.130. The van der Waals surface area contributed by atoms with Crippen LogP contribution in [0.4, 0.5) is 0 Å². The van der Waals surface area contributed by atoms with E-state index >= 15 is 0 Å². The molecule has 0 saturated carbocycles. The van der Waals surface area contributed by atoms with Crippen molar-refractivity contribution in [3.63, 3.8) is 0 Å². The molecule has 0 atom stereocenters. The lowest BCUT2D eigenvalue weighted by atomic mass is 10.1. The van der Waals surface area contributed by atoms with Gasteiger partial charge in [-0.05, 0) is 49.7 Å². The van der Waals surface area contributed by atoms with Crippen molar-refractivity contribution in [1.29, 1.82) is 0 Å². The quantitative estimate of drug-likeness (QED) is 0.355. The number of nitrogens with zero attached hydrogens (tertiary/aromatic N) is 3. The van der Waals surface area contributed by atoms with Crippen LogP contribution < -0.4 is 0 Å². The fourth-order valence-electron chi connectivity index (χ4n) is 3.11. The van der Waals surface area contributed by atoms with Gasteiger partial charge in [0.25, 0.3) is 0 Å². The molecule has 3 aromatic carbocycles. The Hall–Kier alpha value is -2.56. The van der Waals surface area contributed by atoms with Gasteiger partial charge in [0.2, 0.25) is 0 Å². The molecule has 0 aliphatic carbocycles. The standard InChI is InChI=1S/C23H20ClN3S/c1-16-5-3-7-18(13-16)15-28-23-26-25-22(19-8-4-6-17(2)14-19)27(23)21-11-9-20(24)10-12-21/h3-14H,15H2,1-2H3. The first-order valence-corrected chi connectivity index (χ1v) is 10.4. The van der Waals surface area contributed by atoms with Crippen LogP contribution in [0.25, 0.3) is 17.1 Å². The van der Waals surface area contributed by atoms with Crippen LogP contribution >= 0.6 is 23.4 Å². The maximum absolute atomic E-state index is 6.10. The van der Waals surface area contributed by atoms with Crippen molar-refractivity contribution >= 4 is 23.4 Å². The van der Waals surface area contributed by atoms with Gasteiger partial charge in [0.05, 0.1) is 0 Å². The second-order valence-corrected chi connectivity index (χ2v) is 8.14. The summed E-state index contributed by atoms with van der Waals surface area (Å²) in [5.74, 6) is 1.67. The first-order chi connectivity index (χ1) is 13.6. The van der Waals surface area contributed by atoms with E-state index in [1.807, 2.05) is 30.3 Å². The highest BCUT2D eigenvalue weighted by Crippen LogP contribution is 2.30. The fourth-order valence-corrected chi connectivity index (χ4v) is 4.13. The summed E-state index contributed by atoms with van der Waals surface area (Å²) in [6, 6.07) is 24.7. The van der Waals surface area contributed by atoms with Crippen LogP contribution in [-0.4, -0.2) is 14.8 Å². The predicted octanol–water partition coefficient (Wildman–Crippen LogP) is 6.50. The molecule has 1 heterocycles. The molecule has 0 aliphatic rings. The molecule has 0 radical (unpaired) electrons. The van der Waals surface area contributed by atoms with E-state index in [0.717, 1.165) is 28.0 Å². The van der Waals surface area contributed by atoms with Crippen molar-refractivity contribution < 1.29 is 0 Å². The Morgan fingerprint density at radius 3 is 2.29 bits per heavy atom. The molecule has 0 amide bonds. The van der Waals surface area contributed by atoms with Gasteiger partial charge in [-0.15, -0.1) is 10.2 Å². The second-order valence-electron chi connectivity index (χ2n) is 6.77. The number of aryl methyl sites for hydroxylation is 2. The Morgan fingerprint density at radius 2 is 1.57 bits per heavy atom. The smallest absolute Gasteiger partial charge is 0.196 e. The first-order valence-electron chi connectivity index (χ1n) is 9.07. The van der Waals surface area contributed by atoms with Gasteiger partial charge in [0.1, 0.15) is 0 Å². The average molecular weight is 406 g/mol. The molecule has 0 bridgehead atoms. The third-order valence-corrected chi connectivity index (χ3v) is 5.70. The van der Waals surface area contributed by atoms with E-state index in [1.54, 1.807) is 11.8 Å². The van der Waals surface area contributed by atoms with Gasteiger partial charge in [-0.3, -0.25) is 4.57 Å². The van der Waals surface area contributed by atoms with Gasteiger partial charge in [0, 0.05) is 22.0 Å². The van der Waals surface area contributed by atoms with Gasteiger partial charge in [-0.1, -0.05) is 77.0 Å². The van der Waals surface area contributed by atoms with Gasteiger partial charge >= 0.3 is 0 Å². The topological polar surface area (TPSA) is 30.7 Å². The summed E-state index contributed by atoms with van der Waals surface area (Å²) < 4.78 is 2.10. The molecule has 0 aliphatic heterocycles. The van der Waals surface area contributed by atoms with Crippen LogP contribution in [0.2, 0.25) is 5.02 Å². The number of hydrogen-bond acceptors (Lipinski definition) is 3. The summed E-state index contributed by atoms with van der Waals surface area (Å²) in [6.07, 6.45) is 0. The molecule has 0 fully saturated rings. The van der Waals surface area contributed by atoms with Crippen LogP contribution in [0.1, 0.15) is 16.7 Å². The predicted molar refractivity (Wildman–Crippen MR) is 117 cm³/mol. The molecule has 5 heteroatoms. The highest BCUT2D eigenvalue weighted by atomic mass is 35.5. The van der Waals surface area contributed by atoms with Crippen LogP contribution in [0.5, 0.6) is 0 Å². The number of halogens is 1. The first kappa shape index (κ1) is 18.8. The number of thioether (sulfide) groups is 1. The summed E-state index contributed by atoms with van der Waals surface area (Å²) in [6.45, 7) is 4.19. The van der Waals surface area contributed by atoms with E-state index in [1.165, 1.54) is 16.7 Å². The maximum atomic E-state index is 6.10. The Kier molecular flexibility index (Phi) is 5.51. The molecule has 3 nitrogen and oxygen atoms in total. The summed E-state index contributed by atoms with van der Waals surface area (Å²) >= 11 is 7.78. The van der Waals surface area contributed by atoms with Crippen molar-refractivity contribution in [3.05, 3.63) is 94.5 Å². The molecule has 4 rings (SSSR count). The molecule has 4 aromatic rings. The van der Waals surface area contributed by atoms with Crippen molar-refractivity contribution in [3.8, 4) is 17.1 Å². The zero-order chi connectivity index (χ0) is 19.5. The second kappa shape index (κ2) is 8.21. The Bertz CT molecular complexity index is 1100. The van der Waals surface area contributed by atoms with Crippen molar-refractivity contribution in [2.45, 2.75) is 24.8 Å². The third kappa shape index (κ3) is 4.13. The number of benzene rings is 3. The monoisotopic (exact) mass is 405 g/mol. The van der Waals surface area contributed by atoms with E-state index in [4.69, 9.17) is 11.6 Å². The van der Waals surface area contributed by atoms with E-state index in [0.29, 0.717) is 5.02 Å². The van der Waals surface area contributed by atoms with E-state index in [-0.39, 0.29) is 0 Å². The van der Waals surface area contributed by atoms with Gasteiger partial charge in [-0.25, -0.2) is 0 Å². The highest BCUT2D eigenvalue weighted by molar-refractivity contribution is 7.98. The zero-order valence-corrected chi connectivity index (χ0v) is 17.3. The minimum Gasteiger partial charge on any atom is -0.270 e. The molecular weight excluding hydrogens is 386 g/mol. The third-order valence-electron chi connectivity index (χ3n) is 4.44. The lowest BCUT2D eigenvalue weighted by Gasteiger charge is -2.11. The van der Waals surface area contributed by atoms with Gasteiger partial charge < -0.3 is 0 Å². The molecule has 0 unspecified atom stereocenters. The SMILES string of the molecule is Cc1cccc(CSc2nnc(-c3cccc(C)c3)n2-c2ccc(Cl)cc2)c1. The Morgan fingerprint density at radius 1 is 0.857 bits per heavy atom. The van der Waals surface area contributed by atoms with E-state index < -0.39 is 0 Å².